The molecule has 0 aliphatic heterocycles. The topological polar surface area (TPSA) is 71.1 Å². The highest BCUT2D eigenvalue weighted by Crippen LogP contribution is 2.49. The molecule has 3 atom stereocenters. The van der Waals surface area contributed by atoms with Gasteiger partial charge in [0.15, 0.2) is 14.1 Å². The first-order valence-corrected chi connectivity index (χ1v) is 18.6. The fourth-order valence-corrected chi connectivity index (χ4v) is 6.89. The minimum atomic E-state index is -3.51. The van der Waals surface area contributed by atoms with E-state index in [9.17, 15) is 9.36 Å². The first kappa shape index (κ1) is 35.2. The van der Waals surface area contributed by atoms with Crippen LogP contribution in [-0.2, 0) is 27.4 Å². The van der Waals surface area contributed by atoms with Crippen LogP contribution in [0.25, 0.3) is 0 Å². The molecule has 38 heavy (non-hydrogen) atoms. The zero-order chi connectivity index (χ0) is 29.3. The van der Waals surface area contributed by atoms with Crippen molar-refractivity contribution in [1.29, 1.82) is 0 Å². The second kappa shape index (κ2) is 15.3. The maximum Gasteiger partial charge on any atom is 0.475 e. The number of carbonyl (C=O) groups is 1. The Balaban J connectivity index is 3.12. The van der Waals surface area contributed by atoms with Gasteiger partial charge in [-0.25, -0.2) is 4.57 Å². The van der Waals surface area contributed by atoms with Crippen LogP contribution in [0, 0.1) is 17.8 Å². The minimum absolute atomic E-state index is 0.0448. The van der Waals surface area contributed by atoms with Gasteiger partial charge < -0.3 is 4.43 Å². The summed E-state index contributed by atoms with van der Waals surface area (Å²) in [7, 11) is -5.64. The van der Waals surface area contributed by atoms with Gasteiger partial charge in [0.1, 0.15) is 0 Å². The summed E-state index contributed by atoms with van der Waals surface area (Å²) >= 11 is 0. The third kappa shape index (κ3) is 10.3. The molecule has 0 heterocycles. The maximum absolute atomic E-state index is 13.6. The zero-order valence-corrected chi connectivity index (χ0v) is 28.1. The largest absolute Gasteiger partial charge is 0.475 e. The predicted molar refractivity (Wildman–Crippen MR) is 161 cm³/mol. The molecule has 0 N–H and O–H groups in total. The Kier molecular flexibility index (Phi) is 14.1. The van der Waals surface area contributed by atoms with Crippen LogP contribution in [0.5, 0.6) is 0 Å². The molecule has 1 rings (SSSR count). The van der Waals surface area contributed by atoms with E-state index in [4.69, 9.17) is 18.0 Å². The van der Waals surface area contributed by atoms with Gasteiger partial charge in [0.05, 0.1) is 31.8 Å². The molecule has 0 spiro atoms. The molecule has 0 radical (unpaired) electrons. The summed E-state index contributed by atoms with van der Waals surface area (Å²) in [5, 5.41) is 0.0448. The van der Waals surface area contributed by atoms with Crippen LogP contribution in [0.2, 0.25) is 18.1 Å². The molecule has 1 aliphatic carbocycles. The van der Waals surface area contributed by atoms with E-state index in [0.29, 0.717) is 5.92 Å². The lowest BCUT2D eigenvalue weighted by Crippen LogP contribution is -2.50. The lowest BCUT2D eigenvalue weighted by Gasteiger charge is -2.45. The summed E-state index contributed by atoms with van der Waals surface area (Å²) in [6, 6.07) is 0. The number of rotatable bonds is 15. The van der Waals surface area contributed by atoms with Crippen molar-refractivity contribution in [3.8, 4) is 0 Å². The number of Topliss-reactive ketones (excluding diaryl/α,β-unsaturated/α-hetero) is 1. The highest BCUT2D eigenvalue weighted by atomic mass is 31.2. The second-order valence-electron chi connectivity index (χ2n) is 12.3. The number of ketones is 1. The molecular formula is C30H55O6PSi. The molecule has 0 saturated heterocycles. The van der Waals surface area contributed by atoms with Crippen LogP contribution in [0.15, 0.2) is 34.9 Å². The Hall–Kier alpha value is -0.823. The molecule has 6 nitrogen and oxygen atoms in total. The molecule has 1 aliphatic rings. The normalized spacial score (nSPS) is 21.2. The van der Waals surface area contributed by atoms with Gasteiger partial charge in [-0.1, -0.05) is 58.4 Å². The molecule has 0 aromatic heterocycles. The lowest BCUT2D eigenvalue weighted by molar-refractivity contribution is -0.125. The van der Waals surface area contributed by atoms with Crippen molar-refractivity contribution < 1.29 is 27.4 Å². The fraction of sp³-hybridized carbons (Fsp3) is 0.767. The molecule has 0 aromatic carbocycles. The molecule has 0 fully saturated rings. The average Bonchev–Trinajstić information content (AvgIpc) is 2.78. The van der Waals surface area contributed by atoms with Crippen LogP contribution >= 0.6 is 7.82 Å². The molecule has 0 unspecified atom stereocenters. The molecule has 8 heteroatoms. The van der Waals surface area contributed by atoms with Gasteiger partial charge in [-0.2, -0.15) is 0 Å². The van der Waals surface area contributed by atoms with Crippen LogP contribution < -0.4 is 0 Å². The van der Waals surface area contributed by atoms with Crippen LogP contribution in [-0.4, -0.2) is 40.0 Å². The number of hydrogen-bond donors (Lipinski definition) is 0. The summed E-state index contributed by atoms with van der Waals surface area (Å²) in [4.78, 5) is 13.6. The Bertz CT molecular complexity index is 902. The van der Waals surface area contributed by atoms with Crippen molar-refractivity contribution in [2.75, 3.05) is 19.8 Å². The zero-order valence-electron chi connectivity index (χ0n) is 26.2. The number of carbonyl (C=O) groups excluding carboxylic acids is 1. The summed E-state index contributed by atoms with van der Waals surface area (Å²) < 4.78 is 35.3. The Labute approximate surface area is 234 Å². The van der Waals surface area contributed by atoms with E-state index in [1.165, 1.54) is 0 Å². The Morgan fingerprint density at radius 1 is 1.11 bits per heavy atom. The van der Waals surface area contributed by atoms with E-state index >= 15 is 0 Å². The fourth-order valence-electron chi connectivity index (χ4n) is 4.45. The van der Waals surface area contributed by atoms with E-state index in [1.807, 2.05) is 19.9 Å². The molecule has 0 bridgehead atoms. The minimum Gasteiger partial charge on any atom is -0.410 e. The summed E-state index contributed by atoms with van der Waals surface area (Å²) in [6.07, 6.45) is 8.60. The van der Waals surface area contributed by atoms with Gasteiger partial charge in [-0.05, 0) is 95.0 Å². The van der Waals surface area contributed by atoms with Crippen LogP contribution in [0.1, 0.15) is 88.5 Å². The van der Waals surface area contributed by atoms with Crippen molar-refractivity contribution in [1.82, 2.24) is 0 Å². The molecule has 220 valence electrons. The van der Waals surface area contributed by atoms with Crippen LogP contribution in [0.4, 0.5) is 0 Å². The van der Waals surface area contributed by atoms with Crippen LogP contribution in [0.3, 0.4) is 0 Å². The Morgan fingerprint density at radius 2 is 1.68 bits per heavy atom. The van der Waals surface area contributed by atoms with E-state index in [0.717, 1.165) is 36.0 Å². The smallest absolute Gasteiger partial charge is 0.410 e. The standard InChI is InChI=1S/C30H55O6PSi/c1-13-33-37(32,34-14-2)35-21-20-23(5)16-15-17-25(7)29(36-38(11,12)30(8,9)10)27-26(22(3)4)19-18-24(6)28(27)31/h17-18,20,22,26-27,29H,13-16,19,21H2,1-12H3/b23-20+,25-17+/t26-,27-,29+/m1/s1. The van der Waals surface area contributed by atoms with E-state index in [-0.39, 0.29) is 48.6 Å². The highest BCUT2D eigenvalue weighted by Gasteiger charge is 2.46. The average molecular weight is 571 g/mol. The molecule has 0 saturated carbocycles. The number of allylic oxidation sites excluding steroid dienone is 4. The van der Waals surface area contributed by atoms with Crippen molar-refractivity contribution in [2.24, 2.45) is 17.8 Å². The Morgan fingerprint density at radius 3 is 2.18 bits per heavy atom. The quantitative estimate of drug-likeness (QED) is 0.111. The lowest BCUT2D eigenvalue weighted by atomic mass is 9.70. The van der Waals surface area contributed by atoms with Gasteiger partial charge in [0, 0.05) is 0 Å². The van der Waals surface area contributed by atoms with Gasteiger partial charge in [0.25, 0.3) is 0 Å². The molecular weight excluding hydrogens is 515 g/mol. The van der Waals surface area contributed by atoms with E-state index < -0.39 is 16.1 Å². The van der Waals surface area contributed by atoms with Crippen molar-refractivity contribution >= 4 is 21.9 Å². The van der Waals surface area contributed by atoms with Gasteiger partial charge in [-0.15, -0.1) is 0 Å². The highest BCUT2D eigenvalue weighted by molar-refractivity contribution is 7.48. The van der Waals surface area contributed by atoms with E-state index in [2.05, 4.69) is 66.8 Å². The summed E-state index contributed by atoms with van der Waals surface area (Å²) in [6.45, 7) is 26.0. The number of hydrogen-bond acceptors (Lipinski definition) is 6. The van der Waals surface area contributed by atoms with Crippen molar-refractivity contribution in [3.05, 3.63) is 34.9 Å². The molecule has 0 amide bonds. The molecule has 0 aromatic rings. The SMILES string of the molecule is CCOP(=O)(OCC)OC/C=C(\C)CC/C=C(\C)[C@H](O[Si](C)(C)C(C)(C)C)[C@H]1C(=O)C(C)=CC[C@@H]1C(C)C. The van der Waals surface area contributed by atoms with Crippen molar-refractivity contribution in [3.63, 3.8) is 0 Å². The second-order valence-corrected chi connectivity index (χ2v) is 18.8. The summed E-state index contributed by atoms with van der Waals surface area (Å²) in [5.41, 5.74) is 3.12. The van der Waals surface area contributed by atoms with Gasteiger partial charge >= 0.3 is 7.82 Å². The third-order valence-electron chi connectivity index (χ3n) is 7.95. The van der Waals surface area contributed by atoms with Gasteiger partial charge in [0.2, 0.25) is 0 Å². The predicted octanol–water partition coefficient (Wildman–Crippen LogP) is 9.05. The van der Waals surface area contributed by atoms with Crippen molar-refractivity contribution in [2.45, 2.75) is 113 Å². The third-order valence-corrected chi connectivity index (χ3v) is 14.0. The van der Waals surface area contributed by atoms with Gasteiger partial charge in [-0.3, -0.25) is 18.4 Å². The first-order chi connectivity index (χ1) is 17.5. The summed E-state index contributed by atoms with van der Waals surface area (Å²) in [5.74, 6) is 0.713. The monoisotopic (exact) mass is 570 g/mol. The number of phosphoric acid groups is 1. The number of phosphoric ester groups is 1. The maximum atomic E-state index is 13.6. The van der Waals surface area contributed by atoms with E-state index in [1.54, 1.807) is 13.8 Å². The first-order valence-electron chi connectivity index (χ1n) is 14.2.